The number of hydrogen-bond acceptors (Lipinski definition) is 4. The molecule has 1 amide bonds. The van der Waals surface area contributed by atoms with Gasteiger partial charge in [-0.1, -0.05) is 36.4 Å². The van der Waals surface area contributed by atoms with Gasteiger partial charge in [-0.3, -0.25) is 0 Å². The first kappa shape index (κ1) is 25.3. The number of carbonyl (C=O) groups is 1. The first-order valence-corrected chi connectivity index (χ1v) is 11.9. The number of aromatic amines is 2. The fourth-order valence-electron chi connectivity index (χ4n) is 4.18. The van der Waals surface area contributed by atoms with E-state index in [9.17, 15) is 4.79 Å². The summed E-state index contributed by atoms with van der Waals surface area (Å²) in [5.74, 6) is 0.794. The van der Waals surface area contributed by atoms with Gasteiger partial charge in [0.2, 0.25) is 0 Å². The van der Waals surface area contributed by atoms with Gasteiger partial charge >= 0.3 is 6.09 Å². The van der Waals surface area contributed by atoms with Gasteiger partial charge in [-0.05, 0) is 72.7 Å². The molecule has 0 atom stereocenters. The molecule has 2 aromatic heterocycles. The minimum Gasteiger partial charge on any atom is -0.445 e. The van der Waals surface area contributed by atoms with Crippen LogP contribution >= 0.6 is 0 Å². The molecule has 0 spiro atoms. The summed E-state index contributed by atoms with van der Waals surface area (Å²) in [6.07, 6.45) is 13.3. The molecular formula is C27H36N4O3. The number of hydrogen-bond donors (Lipinski definition) is 4. The topological polar surface area (TPSA) is 93.4 Å². The molecule has 2 aliphatic heterocycles. The molecule has 5 rings (SSSR count). The zero-order valence-electron chi connectivity index (χ0n) is 19.9. The normalized spacial score (nSPS) is 15.8. The highest BCUT2D eigenvalue weighted by molar-refractivity contribution is 5.72. The summed E-state index contributed by atoms with van der Waals surface area (Å²) in [6, 6.07) is 14.0. The van der Waals surface area contributed by atoms with Gasteiger partial charge in [0.15, 0.2) is 0 Å². The molecule has 7 nitrogen and oxygen atoms in total. The van der Waals surface area contributed by atoms with E-state index in [1.165, 1.54) is 42.6 Å². The molecule has 1 saturated heterocycles. The first-order chi connectivity index (χ1) is 16.8. The minimum atomic E-state index is -0.247. The summed E-state index contributed by atoms with van der Waals surface area (Å²) in [5, 5.41) is 10.4. The Kier molecular flexibility index (Phi) is 10.5. The predicted octanol–water partition coefficient (Wildman–Crippen LogP) is 4.53. The average Bonchev–Trinajstić information content (AvgIpc) is 3.65. The fourth-order valence-corrected chi connectivity index (χ4v) is 4.18. The molecule has 4 N–H and O–H groups in total. The van der Waals surface area contributed by atoms with Gasteiger partial charge in [-0.2, -0.15) is 0 Å². The Balaban J connectivity index is 0.000000209. The largest absolute Gasteiger partial charge is 0.445 e. The second-order valence-electron chi connectivity index (χ2n) is 8.23. The van der Waals surface area contributed by atoms with Crippen LogP contribution in [-0.2, 0) is 11.3 Å². The number of piperidine rings is 1. The zero-order valence-corrected chi connectivity index (χ0v) is 19.9. The Labute approximate surface area is 201 Å². The number of aliphatic hydroxyl groups is 1. The van der Waals surface area contributed by atoms with E-state index in [0.717, 1.165) is 25.0 Å². The Hall–Kier alpha value is -3.29. The molecule has 182 valence electrons. The van der Waals surface area contributed by atoms with Crippen LogP contribution in [0.1, 0.15) is 41.9 Å². The number of H-pyrrole nitrogens is 2. The van der Waals surface area contributed by atoms with E-state index in [0.29, 0.717) is 19.7 Å². The van der Waals surface area contributed by atoms with Crippen molar-refractivity contribution in [2.45, 2.75) is 31.8 Å². The Morgan fingerprint density at radius 1 is 1.03 bits per heavy atom. The summed E-state index contributed by atoms with van der Waals surface area (Å²) in [7, 11) is 1.00. The van der Waals surface area contributed by atoms with Crippen molar-refractivity contribution >= 4 is 11.7 Å². The van der Waals surface area contributed by atoms with Crippen LogP contribution in [0.25, 0.3) is 5.57 Å². The van der Waals surface area contributed by atoms with Crippen molar-refractivity contribution in [1.82, 2.24) is 20.2 Å². The highest BCUT2D eigenvalue weighted by Gasteiger charge is 2.19. The average molecular weight is 465 g/mol. The first-order valence-electron chi connectivity index (χ1n) is 11.9. The van der Waals surface area contributed by atoms with E-state index in [-0.39, 0.29) is 6.09 Å². The van der Waals surface area contributed by atoms with Crippen molar-refractivity contribution in [3.63, 3.8) is 0 Å². The molecule has 7 heteroatoms. The maximum absolute atomic E-state index is 12.0. The molecule has 1 aromatic carbocycles. The lowest BCUT2D eigenvalue weighted by Gasteiger charge is -2.25. The number of nitrogens with one attached hydrogen (secondary N) is 3. The molecule has 0 aliphatic carbocycles. The number of ether oxygens (including phenoxy) is 1. The van der Waals surface area contributed by atoms with Crippen LogP contribution in [0.4, 0.5) is 4.79 Å². The van der Waals surface area contributed by atoms with Crippen LogP contribution in [0.15, 0.2) is 73.3 Å². The molecule has 34 heavy (non-hydrogen) atoms. The van der Waals surface area contributed by atoms with E-state index >= 15 is 0 Å². The number of aromatic nitrogens is 2. The minimum absolute atomic E-state index is 0.247. The monoisotopic (exact) mass is 464 g/mol. The lowest BCUT2D eigenvalue weighted by molar-refractivity contribution is 0.0998. The fraction of sp³-hybridized carbons (Fsp3) is 0.370. The molecule has 2 aliphatic rings. The molecule has 1 fully saturated rings. The van der Waals surface area contributed by atoms with Crippen molar-refractivity contribution in [3.05, 3.63) is 90.0 Å². The van der Waals surface area contributed by atoms with Crippen molar-refractivity contribution < 1.29 is 14.6 Å². The standard InChI is InChI=1S/C17H18N2O2.C9H14N2.CH4O/c20-17(21-13-14-4-2-1-3-5-14)19-10-7-15(8-11-19)16-6-9-18-12-16;1-4-10-5-2-8(1)9-3-6-11-7-9;1-2/h1-7,9,12,18H,8,10-11,13H2;3,6-8,10-11H,1-2,4-5H2;2H,1H3. The van der Waals surface area contributed by atoms with Crippen LogP contribution in [0.5, 0.6) is 0 Å². The van der Waals surface area contributed by atoms with Crippen molar-refractivity contribution in [2.75, 3.05) is 33.3 Å². The van der Waals surface area contributed by atoms with Gasteiger partial charge < -0.3 is 30.0 Å². The number of aliphatic hydroxyl groups excluding tert-OH is 1. The van der Waals surface area contributed by atoms with Crippen molar-refractivity contribution in [1.29, 1.82) is 0 Å². The number of benzene rings is 1. The third-order valence-electron chi connectivity index (χ3n) is 6.07. The Morgan fingerprint density at radius 2 is 1.76 bits per heavy atom. The third-order valence-corrected chi connectivity index (χ3v) is 6.07. The SMILES string of the molecule is CO.O=C(OCc1ccccc1)N1CC=C(c2cc[nH]c2)CC1.c1cc(C2CCNCC2)c[nH]1. The van der Waals surface area contributed by atoms with Crippen LogP contribution in [0, 0.1) is 0 Å². The van der Waals surface area contributed by atoms with Crippen molar-refractivity contribution in [2.24, 2.45) is 0 Å². The van der Waals surface area contributed by atoms with E-state index in [1.807, 2.05) is 48.9 Å². The number of nitrogens with zero attached hydrogens (tertiary/aromatic N) is 1. The van der Waals surface area contributed by atoms with Gasteiger partial charge in [0, 0.05) is 45.0 Å². The quantitative estimate of drug-likeness (QED) is 0.456. The third kappa shape index (κ3) is 7.64. The maximum atomic E-state index is 12.0. The van der Waals surface area contributed by atoms with E-state index in [2.05, 4.69) is 39.7 Å². The molecular weight excluding hydrogens is 428 g/mol. The summed E-state index contributed by atoms with van der Waals surface area (Å²) >= 11 is 0. The summed E-state index contributed by atoms with van der Waals surface area (Å²) in [6.45, 7) is 3.98. The van der Waals surface area contributed by atoms with Crippen LogP contribution in [0.3, 0.4) is 0 Å². The lowest BCUT2D eigenvalue weighted by atomic mass is 9.92. The van der Waals surface area contributed by atoms with E-state index in [4.69, 9.17) is 9.84 Å². The van der Waals surface area contributed by atoms with E-state index in [1.54, 1.807) is 4.90 Å². The molecule has 0 bridgehead atoms. The smallest absolute Gasteiger partial charge is 0.410 e. The Morgan fingerprint density at radius 3 is 2.38 bits per heavy atom. The Bertz CT molecular complexity index is 963. The molecule has 0 saturated carbocycles. The molecule has 0 unspecified atom stereocenters. The predicted molar refractivity (Wildman–Crippen MR) is 135 cm³/mol. The van der Waals surface area contributed by atoms with Crippen LogP contribution < -0.4 is 5.32 Å². The molecule has 3 aromatic rings. The second kappa shape index (κ2) is 14.1. The van der Waals surface area contributed by atoms with Gasteiger partial charge in [0.25, 0.3) is 0 Å². The second-order valence-corrected chi connectivity index (χ2v) is 8.23. The van der Waals surface area contributed by atoms with E-state index < -0.39 is 0 Å². The lowest BCUT2D eigenvalue weighted by Crippen LogP contribution is -2.35. The van der Waals surface area contributed by atoms with Gasteiger partial charge in [-0.15, -0.1) is 0 Å². The molecule has 0 radical (unpaired) electrons. The highest BCUT2D eigenvalue weighted by Crippen LogP contribution is 2.24. The van der Waals surface area contributed by atoms with Gasteiger partial charge in [0.05, 0.1) is 0 Å². The van der Waals surface area contributed by atoms with Gasteiger partial charge in [-0.25, -0.2) is 4.79 Å². The van der Waals surface area contributed by atoms with Crippen LogP contribution in [0.2, 0.25) is 0 Å². The highest BCUT2D eigenvalue weighted by atomic mass is 16.6. The van der Waals surface area contributed by atoms with Gasteiger partial charge in [0.1, 0.15) is 6.61 Å². The zero-order chi connectivity index (χ0) is 24.0. The maximum Gasteiger partial charge on any atom is 0.410 e. The summed E-state index contributed by atoms with van der Waals surface area (Å²) in [5.41, 5.74) is 4.97. The number of rotatable bonds is 4. The molecule has 4 heterocycles. The van der Waals surface area contributed by atoms with Crippen molar-refractivity contribution in [3.8, 4) is 0 Å². The number of carbonyl (C=O) groups excluding carboxylic acids is 1. The summed E-state index contributed by atoms with van der Waals surface area (Å²) < 4.78 is 5.35. The van der Waals surface area contributed by atoms with Crippen LogP contribution in [-0.4, -0.2) is 59.4 Å². The number of amides is 1. The summed E-state index contributed by atoms with van der Waals surface area (Å²) in [4.78, 5) is 19.9.